The Morgan fingerprint density at radius 3 is 2.97 bits per heavy atom. The Hall–Kier alpha value is -3.81. The minimum Gasteiger partial charge on any atom is -0.495 e. The molecule has 1 spiro atoms. The number of imidazole rings is 1. The number of nitrogens with zero attached hydrogens (tertiary/aromatic N) is 4. The molecular weight excluding hydrogens is 423 g/mol. The van der Waals surface area contributed by atoms with Crippen LogP contribution in [0.2, 0.25) is 0 Å². The lowest BCUT2D eigenvalue weighted by Gasteiger charge is -2.35. The molecule has 4 heterocycles. The number of hydrogen-bond acceptors (Lipinski definition) is 6. The third-order valence-corrected chi connectivity index (χ3v) is 6.42. The molecule has 0 aliphatic carbocycles. The second kappa shape index (κ2) is 7.37. The Bertz CT molecular complexity index is 1310. The lowest BCUT2D eigenvalue weighted by Crippen LogP contribution is -2.50. The van der Waals surface area contributed by atoms with Gasteiger partial charge in [0.2, 0.25) is 0 Å². The fraction of sp³-hybridized carbons (Fsp3) is 0.280. The average Bonchev–Trinajstić information content (AvgIpc) is 3.53. The molecule has 0 saturated carbocycles. The van der Waals surface area contributed by atoms with Crippen LogP contribution >= 0.6 is 0 Å². The zero-order valence-electron chi connectivity index (χ0n) is 18.4. The summed E-state index contributed by atoms with van der Waals surface area (Å²) in [4.78, 5) is 12.3. The molecule has 0 fully saturated rings. The van der Waals surface area contributed by atoms with Gasteiger partial charge in [0.05, 0.1) is 24.8 Å². The van der Waals surface area contributed by atoms with Gasteiger partial charge in [-0.2, -0.15) is 0 Å². The molecule has 8 heteroatoms. The Morgan fingerprint density at radius 2 is 2.15 bits per heavy atom. The lowest BCUT2D eigenvalue weighted by molar-refractivity contribution is -0.115. The number of halogens is 1. The summed E-state index contributed by atoms with van der Waals surface area (Å²) in [6, 6.07) is 11.0. The molecule has 3 aliphatic heterocycles. The van der Waals surface area contributed by atoms with Crippen LogP contribution in [0.4, 0.5) is 4.39 Å². The predicted octanol–water partition coefficient (Wildman–Crippen LogP) is 4.09. The number of aromatic nitrogens is 2. The topological polar surface area (TPSA) is 61.1 Å². The van der Waals surface area contributed by atoms with Gasteiger partial charge in [-0.25, -0.2) is 9.37 Å². The van der Waals surface area contributed by atoms with E-state index < -0.39 is 5.72 Å². The largest absolute Gasteiger partial charge is 0.495 e. The highest BCUT2D eigenvalue weighted by atomic mass is 19.1. The van der Waals surface area contributed by atoms with E-state index in [4.69, 9.17) is 14.3 Å². The molecule has 33 heavy (non-hydrogen) atoms. The van der Waals surface area contributed by atoms with E-state index in [1.807, 2.05) is 34.7 Å². The van der Waals surface area contributed by atoms with Crippen molar-refractivity contribution in [3.05, 3.63) is 83.2 Å². The van der Waals surface area contributed by atoms with Crippen molar-refractivity contribution in [2.24, 2.45) is 5.16 Å². The quantitative estimate of drug-likeness (QED) is 0.604. The molecule has 3 aromatic rings. The van der Waals surface area contributed by atoms with Gasteiger partial charge in [-0.15, -0.1) is 0 Å². The molecule has 0 N–H and O–H groups in total. The number of oxime groups is 1. The molecular formula is C25H23FN4O3. The van der Waals surface area contributed by atoms with E-state index in [-0.39, 0.29) is 12.4 Å². The smallest absolute Gasteiger partial charge is 0.277 e. The van der Waals surface area contributed by atoms with Gasteiger partial charge < -0.3 is 23.8 Å². The molecule has 1 atom stereocenters. The van der Waals surface area contributed by atoms with Crippen molar-refractivity contribution in [3.63, 3.8) is 0 Å². The molecule has 1 aromatic heterocycles. The summed E-state index contributed by atoms with van der Waals surface area (Å²) >= 11 is 0. The molecule has 3 aliphatic rings. The van der Waals surface area contributed by atoms with Crippen molar-refractivity contribution in [2.75, 3.05) is 20.3 Å². The first-order valence-electron chi connectivity index (χ1n) is 10.9. The first-order valence-corrected chi connectivity index (χ1v) is 10.9. The second-order valence-corrected chi connectivity index (χ2v) is 8.47. The molecule has 0 amide bonds. The van der Waals surface area contributed by atoms with Crippen molar-refractivity contribution in [1.82, 2.24) is 14.5 Å². The first-order chi connectivity index (χ1) is 16.1. The molecule has 0 saturated heterocycles. The van der Waals surface area contributed by atoms with Crippen molar-refractivity contribution in [1.29, 1.82) is 0 Å². The van der Waals surface area contributed by atoms with Crippen LogP contribution in [0.15, 0.2) is 65.7 Å². The van der Waals surface area contributed by atoms with Gasteiger partial charge in [0.15, 0.2) is 12.4 Å². The van der Waals surface area contributed by atoms with Crippen molar-refractivity contribution >= 4 is 5.84 Å². The van der Waals surface area contributed by atoms with Crippen LogP contribution in [-0.2, 0) is 17.0 Å². The summed E-state index contributed by atoms with van der Waals surface area (Å²) in [5, 5.41) is 4.41. The minimum absolute atomic E-state index is 0.205. The van der Waals surface area contributed by atoms with E-state index in [2.05, 4.69) is 22.3 Å². The van der Waals surface area contributed by atoms with E-state index in [1.54, 1.807) is 25.6 Å². The number of methoxy groups -OCH3 is 1. The monoisotopic (exact) mass is 446 g/mol. The number of ether oxygens (including phenoxy) is 2. The van der Waals surface area contributed by atoms with Crippen molar-refractivity contribution in [3.8, 4) is 17.2 Å². The maximum absolute atomic E-state index is 14.8. The molecule has 168 valence electrons. The standard InChI is InChI=1S/C25H23FN4O3/c1-16-13-29(15-27-16)20-9-8-17(12-22(20)31-2)11-18-5-4-10-30-24(18)28-33-25(30)14-32-21-7-3-6-19(26)23(21)25/h3,5-9,12-13,15H,4,10-11,14H2,1-2H3. The Kier molecular flexibility index (Phi) is 4.43. The van der Waals surface area contributed by atoms with Gasteiger partial charge in [0.25, 0.3) is 5.72 Å². The van der Waals surface area contributed by atoms with Gasteiger partial charge in [-0.3, -0.25) is 0 Å². The zero-order chi connectivity index (χ0) is 22.6. The van der Waals surface area contributed by atoms with E-state index in [0.717, 1.165) is 40.5 Å². The van der Waals surface area contributed by atoms with E-state index in [1.165, 1.54) is 6.07 Å². The van der Waals surface area contributed by atoms with Crippen LogP contribution in [0.25, 0.3) is 5.69 Å². The number of hydrogen-bond donors (Lipinski definition) is 0. The fourth-order valence-corrected chi connectivity index (χ4v) is 4.87. The van der Waals surface area contributed by atoms with Gasteiger partial charge >= 0.3 is 0 Å². The van der Waals surface area contributed by atoms with Crippen LogP contribution in [0.1, 0.15) is 23.2 Å². The summed E-state index contributed by atoms with van der Waals surface area (Å²) in [5.74, 6) is 1.67. The number of fused-ring (bicyclic) bond motifs is 4. The molecule has 7 nitrogen and oxygen atoms in total. The predicted molar refractivity (Wildman–Crippen MR) is 120 cm³/mol. The Morgan fingerprint density at radius 1 is 1.24 bits per heavy atom. The maximum atomic E-state index is 14.8. The number of rotatable bonds is 4. The van der Waals surface area contributed by atoms with Crippen LogP contribution in [0.5, 0.6) is 11.5 Å². The van der Waals surface area contributed by atoms with Crippen molar-refractivity contribution in [2.45, 2.75) is 25.5 Å². The van der Waals surface area contributed by atoms with Gasteiger partial charge in [-0.05, 0) is 48.7 Å². The first kappa shape index (κ1) is 19.8. The van der Waals surface area contributed by atoms with Crippen LogP contribution in [0, 0.1) is 12.7 Å². The third-order valence-electron chi connectivity index (χ3n) is 6.42. The Balaban J connectivity index is 1.29. The highest BCUT2D eigenvalue weighted by Gasteiger charge is 2.56. The lowest BCUT2D eigenvalue weighted by atomic mass is 9.95. The fourth-order valence-electron chi connectivity index (χ4n) is 4.87. The van der Waals surface area contributed by atoms with E-state index >= 15 is 0 Å². The summed E-state index contributed by atoms with van der Waals surface area (Å²) < 4.78 is 28.2. The number of amidine groups is 1. The van der Waals surface area contributed by atoms with Crippen LogP contribution < -0.4 is 9.47 Å². The van der Waals surface area contributed by atoms with Gasteiger partial charge in [0, 0.05) is 19.2 Å². The zero-order valence-corrected chi connectivity index (χ0v) is 18.4. The summed E-state index contributed by atoms with van der Waals surface area (Å²) in [5.41, 5.74) is 3.37. The Labute approximate surface area is 190 Å². The van der Waals surface area contributed by atoms with Crippen molar-refractivity contribution < 1.29 is 18.7 Å². The highest BCUT2D eigenvalue weighted by Crippen LogP contribution is 2.48. The van der Waals surface area contributed by atoms with Gasteiger partial charge in [0.1, 0.15) is 22.9 Å². The number of benzene rings is 2. The summed E-state index contributed by atoms with van der Waals surface area (Å²) in [6.07, 6.45) is 7.38. The maximum Gasteiger partial charge on any atom is 0.277 e. The van der Waals surface area contributed by atoms with E-state index in [9.17, 15) is 4.39 Å². The SMILES string of the molecule is COc1cc(CC2=CCCN3C2=NOC32COc3cccc(F)c32)ccc1-n1cnc(C)c1. The molecule has 0 bridgehead atoms. The average molecular weight is 446 g/mol. The van der Waals surface area contributed by atoms with Crippen LogP contribution in [-0.4, -0.2) is 40.5 Å². The highest BCUT2D eigenvalue weighted by molar-refractivity contribution is 6.00. The van der Waals surface area contributed by atoms with Crippen LogP contribution in [0.3, 0.4) is 0 Å². The summed E-state index contributed by atoms with van der Waals surface area (Å²) in [6.45, 7) is 2.84. The third kappa shape index (κ3) is 3.01. The molecule has 1 unspecified atom stereocenters. The van der Waals surface area contributed by atoms with E-state index in [0.29, 0.717) is 24.3 Å². The number of aryl methyl sites for hydroxylation is 1. The summed E-state index contributed by atoms with van der Waals surface area (Å²) in [7, 11) is 1.67. The second-order valence-electron chi connectivity index (χ2n) is 8.47. The molecule has 0 radical (unpaired) electrons. The normalized spacial score (nSPS) is 20.6. The minimum atomic E-state index is -1.05. The molecule has 6 rings (SSSR count). The molecule has 2 aromatic carbocycles. The van der Waals surface area contributed by atoms with Gasteiger partial charge in [-0.1, -0.05) is 23.4 Å².